The summed E-state index contributed by atoms with van der Waals surface area (Å²) in [7, 11) is 0. The Morgan fingerprint density at radius 1 is 1.58 bits per heavy atom. The minimum Gasteiger partial charge on any atom is -0.383 e. The van der Waals surface area contributed by atoms with Gasteiger partial charge in [-0.1, -0.05) is 0 Å². The van der Waals surface area contributed by atoms with Crippen LogP contribution in [0.4, 0.5) is 5.82 Å². The summed E-state index contributed by atoms with van der Waals surface area (Å²) >= 11 is 0. The van der Waals surface area contributed by atoms with Crippen LogP contribution in [-0.2, 0) is 6.54 Å². The van der Waals surface area contributed by atoms with Crippen LogP contribution in [0, 0.1) is 22.7 Å². The molecule has 0 aromatic carbocycles. The average molecular weight is 161 g/mol. The Hall–Kier alpha value is -2.01. The second kappa shape index (κ2) is 3.40. The maximum absolute atomic E-state index is 8.51. The van der Waals surface area contributed by atoms with E-state index in [1.165, 1.54) is 10.9 Å². The van der Waals surface area contributed by atoms with Crippen molar-refractivity contribution in [3.8, 4) is 12.1 Å². The van der Waals surface area contributed by atoms with Crippen molar-refractivity contribution in [1.82, 2.24) is 9.78 Å². The minimum atomic E-state index is 0.327. The van der Waals surface area contributed by atoms with Crippen molar-refractivity contribution in [2.45, 2.75) is 13.0 Å². The van der Waals surface area contributed by atoms with E-state index in [1.54, 1.807) is 0 Å². The summed E-state index contributed by atoms with van der Waals surface area (Å²) in [6.45, 7) is 0.435. The maximum Gasteiger partial charge on any atom is 0.139 e. The van der Waals surface area contributed by atoms with E-state index < -0.39 is 0 Å². The molecule has 5 nitrogen and oxygen atoms in total. The van der Waals surface area contributed by atoms with Crippen LogP contribution in [0.5, 0.6) is 0 Å². The summed E-state index contributed by atoms with van der Waals surface area (Å²) in [6.07, 6.45) is 1.74. The van der Waals surface area contributed by atoms with Crippen molar-refractivity contribution in [2.24, 2.45) is 0 Å². The average Bonchev–Trinajstić information content (AvgIpc) is 2.43. The Balaban J connectivity index is 2.83. The highest BCUT2D eigenvalue weighted by molar-refractivity contribution is 5.47. The molecule has 1 heterocycles. The highest BCUT2D eigenvalue weighted by Crippen LogP contribution is 2.08. The number of nitrogens with two attached hydrogens (primary N) is 1. The Morgan fingerprint density at radius 3 is 2.83 bits per heavy atom. The number of nitriles is 2. The summed E-state index contributed by atoms with van der Waals surface area (Å²) in [5.41, 5.74) is 5.88. The summed E-state index contributed by atoms with van der Waals surface area (Å²) in [6, 6.07) is 3.87. The number of rotatable bonds is 2. The molecule has 0 bridgehead atoms. The first kappa shape index (κ1) is 8.09. The first-order valence-electron chi connectivity index (χ1n) is 3.38. The third kappa shape index (κ3) is 1.35. The summed E-state index contributed by atoms with van der Waals surface area (Å²) in [4.78, 5) is 0. The Morgan fingerprint density at radius 2 is 2.33 bits per heavy atom. The van der Waals surface area contributed by atoms with E-state index in [0.717, 1.165) is 0 Å². The van der Waals surface area contributed by atoms with E-state index >= 15 is 0 Å². The third-order valence-corrected chi connectivity index (χ3v) is 1.44. The fourth-order valence-corrected chi connectivity index (χ4v) is 0.815. The predicted molar refractivity (Wildman–Crippen MR) is 41.6 cm³/mol. The SMILES string of the molecule is N#CCCn1ncc(C#N)c1N. The van der Waals surface area contributed by atoms with E-state index in [4.69, 9.17) is 16.3 Å². The lowest BCUT2D eigenvalue weighted by molar-refractivity contribution is 0.637. The van der Waals surface area contributed by atoms with E-state index in [2.05, 4.69) is 5.10 Å². The predicted octanol–water partition coefficient (Wildman–Crippen LogP) is 0.251. The third-order valence-electron chi connectivity index (χ3n) is 1.44. The molecule has 0 aliphatic carbocycles. The lowest BCUT2D eigenvalue weighted by Gasteiger charge is -1.98. The van der Waals surface area contributed by atoms with Gasteiger partial charge >= 0.3 is 0 Å². The van der Waals surface area contributed by atoms with Gasteiger partial charge in [-0.25, -0.2) is 4.68 Å². The smallest absolute Gasteiger partial charge is 0.139 e. The fraction of sp³-hybridized carbons (Fsp3) is 0.286. The van der Waals surface area contributed by atoms with Crippen molar-refractivity contribution < 1.29 is 0 Å². The van der Waals surface area contributed by atoms with Gasteiger partial charge in [-0.05, 0) is 0 Å². The molecule has 60 valence electrons. The van der Waals surface area contributed by atoms with Crippen molar-refractivity contribution >= 4 is 5.82 Å². The fourth-order valence-electron chi connectivity index (χ4n) is 0.815. The van der Waals surface area contributed by atoms with Crippen LogP contribution in [0.2, 0.25) is 0 Å². The first-order valence-corrected chi connectivity index (χ1v) is 3.38. The van der Waals surface area contributed by atoms with E-state index in [-0.39, 0.29) is 0 Å². The van der Waals surface area contributed by atoms with Gasteiger partial charge in [0.05, 0.1) is 25.2 Å². The Labute approximate surface area is 69.6 Å². The number of hydrogen-bond acceptors (Lipinski definition) is 4. The number of hydrogen-bond donors (Lipinski definition) is 1. The summed E-state index contributed by atoms with van der Waals surface area (Å²) in [5.74, 6) is 0.327. The van der Waals surface area contributed by atoms with Gasteiger partial charge in [-0.3, -0.25) is 0 Å². The Bertz CT molecular complexity index is 351. The molecule has 5 heteroatoms. The zero-order valence-corrected chi connectivity index (χ0v) is 6.36. The molecular weight excluding hydrogens is 154 g/mol. The molecule has 1 aromatic heterocycles. The van der Waals surface area contributed by atoms with Crippen LogP contribution in [0.3, 0.4) is 0 Å². The van der Waals surface area contributed by atoms with Gasteiger partial charge in [0.2, 0.25) is 0 Å². The van der Waals surface area contributed by atoms with Gasteiger partial charge in [-0.15, -0.1) is 0 Å². The normalized spacial score (nSPS) is 8.83. The quantitative estimate of drug-likeness (QED) is 0.672. The summed E-state index contributed by atoms with van der Waals surface area (Å²) in [5, 5.41) is 20.6. The molecule has 0 radical (unpaired) electrons. The molecule has 0 atom stereocenters. The largest absolute Gasteiger partial charge is 0.383 e. The molecule has 0 spiro atoms. The van der Waals surface area contributed by atoms with Gasteiger partial charge in [-0.2, -0.15) is 15.6 Å². The molecular formula is C7H7N5. The van der Waals surface area contributed by atoms with Crippen molar-refractivity contribution in [3.05, 3.63) is 11.8 Å². The molecule has 12 heavy (non-hydrogen) atoms. The van der Waals surface area contributed by atoms with E-state index in [9.17, 15) is 0 Å². The van der Waals surface area contributed by atoms with Gasteiger partial charge in [0, 0.05) is 0 Å². The summed E-state index contributed by atoms with van der Waals surface area (Å²) < 4.78 is 1.45. The highest BCUT2D eigenvalue weighted by atomic mass is 15.3. The molecule has 0 saturated heterocycles. The second-order valence-corrected chi connectivity index (χ2v) is 2.19. The standard InChI is InChI=1S/C7H7N5/c8-2-1-3-12-7(10)6(4-9)5-11-12/h5H,1,3,10H2. The minimum absolute atomic E-state index is 0.327. The van der Waals surface area contributed by atoms with E-state index in [0.29, 0.717) is 24.3 Å². The second-order valence-electron chi connectivity index (χ2n) is 2.19. The molecule has 0 aliphatic rings. The van der Waals surface area contributed by atoms with Crippen molar-refractivity contribution in [2.75, 3.05) is 5.73 Å². The molecule has 0 unspecified atom stereocenters. The highest BCUT2D eigenvalue weighted by Gasteiger charge is 2.04. The zero-order valence-electron chi connectivity index (χ0n) is 6.36. The molecule has 2 N–H and O–H groups in total. The Kier molecular flexibility index (Phi) is 2.29. The number of nitrogens with zero attached hydrogens (tertiary/aromatic N) is 4. The zero-order chi connectivity index (χ0) is 8.97. The molecule has 0 amide bonds. The molecule has 1 aromatic rings. The topological polar surface area (TPSA) is 91.4 Å². The van der Waals surface area contributed by atoms with Crippen molar-refractivity contribution in [3.63, 3.8) is 0 Å². The van der Waals surface area contributed by atoms with Crippen LogP contribution in [-0.4, -0.2) is 9.78 Å². The number of nitrogen functional groups attached to an aromatic ring is 1. The number of anilines is 1. The first-order chi connectivity index (χ1) is 5.79. The molecule has 0 aliphatic heterocycles. The van der Waals surface area contributed by atoms with Crippen LogP contribution >= 0.6 is 0 Å². The number of aromatic nitrogens is 2. The molecule has 0 saturated carbocycles. The van der Waals surface area contributed by atoms with Crippen LogP contribution in [0.25, 0.3) is 0 Å². The lowest BCUT2D eigenvalue weighted by atomic mass is 10.4. The van der Waals surface area contributed by atoms with Gasteiger partial charge in [0.25, 0.3) is 0 Å². The van der Waals surface area contributed by atoms with Crippen LogP contribution in [0.1, 0.15) is 12.0 Å². The molecule has 0 fully saturated rings. The van der Waals surface area contributed by atoms with Crippen LogP contribution in [0.15, 0.2) is 6.20 Å². The van der Waals surface area contributed by atoms with Gasteiger partial charge in [0.15, 0.2) is 0 Å². The maximum atomic E-state index is 8.51. The lowest BCUT2D eigenvalue weighted by Crippen LogP contribution is -2.04. The molecule has 1 rings (SSSR count). The van der Waals surface area contributed by atoms with Gasteiger partial charge in [0.1, 0.15) is 17.5 Å². The van der Waals surface area contributed by atoms with Crippen molar-refractivity contribution in [1.29, 1.82) is 10.5 Å². The van der Waals surface area contributed by atoms with Gasteiger partial charge < -0.3 is 5.73 Å². The number of aryl methyl sites for hydroxylation is 1. The van der Waals surface area contributed by atoms with E-state index in [1.807, 2.05) is 12.1 Å². The van der Waals surface area contributed by atoms with Crippen LogP contribution < -0.4 is 5.73 Å². The monoisotopic (exact) mass is 161 g/mol.